The van der Waals surface area contributed by atoms with Gasteiger partial charge >= 0.3 is 0 Å². The zero-order chi connectivity index (χ0) is 14.3. The van der Waals surface area contributed by atoms with Crippen molar-refractivity contribution in [2.75, 3.05) is 0 Å². The third-order valence-corrected chi connectivity index (χ3v) is 4.42. The maximum absolute atomic E-state index is 12.5. The van der Waals surface area contributed by atoms with Crippen molar-refractivity contribution in [1.82, 2.24) is 9.55 Å². The molecule has 2 heterocycles. The summed E-state index contributed by atoms with van der Waals surface area (Å²) in [5, 5.41) is 1.09. The predicted octanol–water partition coefficient (Wildman–Crippen LogP) is 2.61. The molecular weight excluding hydrogens is 272 g/mol. The van der Waals surface area contributed by atoms with Crippen molar-refractivity contribution in [3.63, 3.8) is 0 Å². The number of nitrogens with zero attached hydrogens (tertiary/aromatic N) is 2. The van der Waals surface area contributed by atoms with E-state index < -0.39 is 0 Å². The van der Waals surface area contributed by atoms with E-state index in [1.807, 2.05) is 30.3 Å². The quantitative estimate of drug-likeness (QED) is 0.756. The minimum Gasteiger partial charge on any atom is -0.274 e. The fraction of sp³-hybridized carbons (Fsp3) is 0.267. The van der Waals surface area contributed by atoms with E-state index in [0.717, 1.165) is 10.6 Å². The van der Waals surface area contributed by atoms with Gasteiger partial charge < -0.3 is 0 Å². The van der Waals surface area contributed by atoms with Crippen LogP contribution in [0.5, 0.6) is 0 Å². The molecule has 20 heavy (non-hydrogen) atoms. The first-order valence-corrected chi connectivity index (χ1v) is 7.35. The van der Waals surface area contributed by atoms with Crippen LogP contribution in [-0.4, -0.2) is 20.7 Å². The molecule has 0 amide bonds. The zero-order valence-corrected chi connectivity index (χ0v) is 12.1. The second kappa shape index (κ2) is 4.90. The first-order valence-electron chi connectivity index (χ1n) is 6.47. The topological polar surface area (TPSA) is 52.0 Å². The lowest BCUT2D eigenvalue weighted by molar-refractivity contribution is 0.0932. The first-order chi connectivity index (χ1) is 9.58. The van der Waals surface area contributed by atoms with Crippen molar-refractivity contribution in [1.29, 1.82) is 0 Å². The molecule has 0 saturated heterocycles. The molecule has 0 N–H and O–H groups in total. The van der Waals surface area contributed by atoms with Crippen molar-refractivity contribution in [2.45, 2.75) is 30.5 Å². The lowest BCUT2D eigenvalue weighted by atomic mass is 10.1. The van der Waals surface area contributed by atoms with Crippen LogP contribution in [0.2, 0.25) is 0 Å². The van der Waals surface area contributed by atoms with Gasteiger partial charge in [0, 0.05) is 17.7 Å². The number of aromatic nitrogens is 2. The van der Waals surface area contributed by atoms with Crippen molar-refractivity contribution in [2.24, 2.45) is 0 Å². The second-order valence-electron chi connectivity index (χ2n) is 4.88. The van der Waals surface area contributed by atoms with Crippen molar-refractivity contribution in [3.05, 3.63) is 46.2 Å². The third-order valence-electron chi connectivity index (χ3n) is 3.29. The number of carbonyl (C=O) groups is 1. The van der Waals surface area contributed by atoms with E-state index in [4.69, 9.17) is 0 Å². The molecule has 1 atom stereocenters. The number of carbonyl (C=O) groups excluding carboxylic acids is 1. The predicted molar refractivity (Wildman–Crippen MR) is 79.3 cm³/mol. The number of hydrogen-bond donors (Lipinski definition) is 0. The summed E-state index contributed by atoms with van der Waals surface area (Å²) in [5.74, 6) is 0.136. The van der Waals surface area contributed by atoms with Gasteiger partial charge in [0.25, 0.3) is 5.56 Å². The van der Waals surface area contributed by atoms with Crippen molar-refractivity contribution >= 4 is 17.7 Å². The van der Waals surface area contributed by atoms with Gasteiger partial charge in [-0.3, -0.25) is 9.59 Å². The number of thioether (sulfide) groups is 1. The van der Waals surface area contributed by atoms with Crippen LogP contribution in [0.25, 0.3) is 11.4 Å². The molecule has 4 nitrogen and oxygen atoms in total. The van der Waals surface area contributed by atoms with E-state index in [2.05, 4.69) is 11.9 Å². The van der Waals surface area contributed by atoms with Crippen molar-refractivity contribution in [3.8, 4) is 11.4 Å². The maximum atomic E-state index is 12.5. The Hall–Kier alpha value is -1.88. The maximum Gasteiger partial charge on any atom is 0.264 e. The van der Waals surface area contributed by atoms with Gasteiger partial charge in [-0.25, -0.2) is 9.55 Å². The third kappa shape index (κ3) is 2.08. The van der Waals surface area contributed by atoms with Crippen LogP contribution in [0, 0.1) is 0 Å². The zero-order valence-electron chi connectivity index (χ0n) is 11.3. The van der Waals surface area contributed by atoms with Gasteiger partial charge in [0.2, 0.25) is 5.91 Å². The summed E-state index contributed by atoms with van der Waals surface area (Å²) in [6.45, 7) is 3.46. The Morgan fingerprint density at radius 1 is 1.35 bits per heavy atom. The Morgan fingerprint density at radius 2 is 2.05 bits per heavy atom. The molecule has 1 aliphatic rings. The highest BCUT2D eigenvalue weighted by Gasteiger charge is 2.27. The van der Waals surface area contributed by atoms with Gasteiger partial charge in [-0.05, 0) is 6.42 Å². The Kier molecular flexibility index (Phi) is 3.22. The molecule has 3 rings (SSSR count). The highest BCUT2D eigenvalue weighted by molar-refractivity contribution is 8.00. The van der Waals surface area contributed by atoms with Gasteiger partial charge in [-0.1, -0.05) is 37.3 Å². The van der Waals surface area contributed by atoms with E-state index in [1.165, 1.54) is 11.5 Å². The van der Waals surface area contributed by atoms with E-state index in [0.29, 0.717) is 23.1 Å². The minimum absolute atomic E-state index is 0.224. The van der Waals surface area contributed by atoms with Crippen LogP contribution in [0.4, 0.5) is 0 Å². The van der Waals surface area contributed by atoms with E-state index in [1.54, 1.807) is 11.8 Å². The average molecular weight is 286 g/mol. The molecule has 0 spiro atoms. The monoisotopic (exact) mass is 286 g/mol. The highest BCUT2D eigenvalue weighted by Crippen LogP contribution is 2.34. The Labute approximate surface area is 120 Å². The molecule has 5 heteroatoms. The van der Waals surface area contributed by atoms with E-state index in [9.17, 15) is 9.59 Å². The Bertz CT molecular complexity index is 738. The van der Waals surface area contributed by atoms with Crippen LogP contribution in [-0.2, 0) is 6.42 Å². The molecule has 2 aromatic rings. The molecule has 0 fully saturated rings. The van der Waals surface area contributed by atoms with Crippen LogP contribution in [0.15, 0.2) is 40.2 Å². The lowest BCUT2D eigenvalue weighted by Gasteiger charge is -2.11. The molecule has 0 aliphatic carbocycles. The Balaban J connectivity index is 2.30. The molecule has 102 valence electrons. The molecule has 1 aliphatic heterocycles. The van der Waals surface area contributed by atoms with Gasteiger partial charge in [0.15, 0.2) is 5.82 Å². The van der Waals surface area contributed by atoms with E-state index in [-0.39, 0.29) is 11.5 Å². The van der Waals surface area contributed by atoms with E-state index >= 15 is 0 Å². The number of hydrogen-bond acceptors (Lipinski definition) is 4. The summed E-state index contributed by atoms with van der Waals surface area (Å²) in [7, 11) is 0. The van der Waals surface area contributed by atoms with Crippen molar-refractivity contribution < 1.29 is 4.79 Å². The van der Waals surface area contributed by atoms with Gasteiger partial charge in [-0.2, -0.15) is 0 Å². The molecule has 1 aromatic heterocycles. The highest BCUT2D eigenvalue weighted by atomic mass is 32.2. The summed E-state index contributed by atoms with van der Waals surface area (Å²) in [6, 6.07) is 9.35. The van der Waals surface area contributed by atoms with Crippen LogP contribution < -0.4 is 5.56 Å². The second-order valence-corrected chi connectivity index (χ2v) is 6.30. The minimum atomic E-state index is -0.297. The van der Waals surface area contributed by atoms with Gasteiger partial charge in [-0.15, -0.1) is 11.8 Å². The van der Waals surface area contributed by atoms with Gasteiger partial charge in [0.05, 0.1) is 5.56 Å². The molecule has 0 bridgehead atoms. The molecule has 0 radical (unpaired) electrons. The largest absolute Gasteiger partial charge is 0.274 e. The molecular formula is C15H14N2O2S. The first kappa shape index (κ1) is 13.1. The summed E-state index contributed by atoms with van der Waals surface area (Å²) in [4.78, 5) is 28.9. The summed E-state index contributed by atoms with van der Waals surface area (Å²) >= 11 is 1.60. The lowest BCUT2D eigenvalue weighted by Crippen LogP contribution is -2.30. The Morgan fingerprint density at radius 3 is 2.70 bits per heavy atom. The molecule has 0 unspecified atom stereocenters. The summed E-state index contributed by atoms with van der Waals surface area (Å²) < 4.78 is 1.19. The molecule has 1 aromatic carbocycles. The number of rotatable bonds is 1. The molecule has 0 saturated carbocycles. The standard InChI is InChI=1S/C15H14N2O2S/c1-9-8-12-14(20-9)16-13(11-6-4-3-5-7-11)17(10(2)18)15(12)19/h3-7,9H,8H2,1-2H3/t9-/m1/s1. The normalized spacial score (nSPS) is 17.0. The smallest absolute Gasteiger partial charge is 0.264 e. The fourth-order valence-corrected chi connectivity index (χ4v) is 3.48. The summed E-state index contributed by atoms with van der Waals surface area (Å²) in [5.41, 5.74) is 1.22. The summed E-state index contributed by atoms with van der Waals surface area (Å²) in [6.07, 6.45) is 0.675. The van der Waals surface area contributed by atoms with Crippen LogP contribution >= 0.6 is 11.8 Å². The number of fused-ring (bicyclic) bond motifs is 1. The SMILES string of the molecule is CC(=O)n1c(-c2ccccc2)nc2c(c1=O)C[C@@H](C)S2. The van der Waals surface area contributed by atoms with Crippen LogP contribution in [0.1, 0.15) is 24.2 Å². The average Bonchev–Trinajstić information content (AvgIpc) is 2.80. The fourth-order valence-electron chi connectivity index (χ4n) is 2.40. The van der Waals surface area contributed by atoms with Crippen LogP contribution in [0.3, 0.4) is 0 Å². The number of benzene rings is 1. The van der Waals surface area contributed by atoms with Gasteiger partial charge in [0.1, 0.15) is 5.03 Å².